The van der Waals surface area contributed by atoms with Crippen molar-refractivity contribution in [1.29, 1.82) is 0 Å². The summed E-state index contributed by atoms with van der Waals surface area (Å²) in [7, 11) is 5.21. The van der Waals surface area contributed by atoms with E-state index >= 15 is 0 Å². The fourth-order valence-electron chi connectivity index (χ4n) is 20.6. The number of ether oxygens (including phenoxy) is 4. The minimum absolute atomic E-state index is 0. The number of alkyl carbamates (subject to hydrolysis) is 4. The maximum absolute atomic E-state index is 14.5. The van der Waals surface area contributed by atoms with E-state index in [4.69, 9.17) is 38.9 Å². The van der Waals surface area contributed by atoms with Crippen LogP contribution in [-0.4, -0.2) is 179 Å². The van der Waals surface area contributed by atoms with Gasteiger partial charge in [-0.2, -0.15) is 0 Å². The molecule has 4 saturated heterocycles. The topological polar surface area (TPSA) is 349 Å². The zero-order valence-electron chi connectivity index (χ0n) is 71.3. The molecular weight excluding hydrogens is 1570 g/mol. The number of hydrogen-bond acceptors (Lipinski definition) is 16. The molecule has 2 saturated carbocycles. The van der Waals surface area contributed by atoms with Gasteiger partial charge in [-0.3, -0.25) is 19.2 Å². The molecule has 6 aliphatic rings. The molecule has 0 radical (unpaired) electrons. The zero-order valence-corrected chi connectivity index (χ0v) is 71.3. The summed E-state index contributed by atoms with van der Waals surface area (Å²) in [6.07, 6.45) is 7.49. The predicted molar refractivity (Wildman–Crippen MR) is 490 cm³/mol. The van der Waals surface area contributed by atoms with Gasteiger partial charge in [-0.05, 0) is 192 Å². The Bertz CT molecular complexity index is 6410. The summed E-state index contributed by atoms with van der Waals surface area (Å²) in [4.78, 5) is 148. The SMILES string of the molecule is COC(=O)N[C@H](C(=O)N1CCC[C@H]1c1nc2c(ccc3cc(-c4ccc5c(ccc6[nH]c([C@@H]7C[C@@H]8CCC[C@@H]8N7C(=O)[C@@H](NC(=O)OC)C(C)C)nc65)c4)ccc32)[nH]1)C(C)C.COC(=O)N[C@H](C(=O)N1CCC[C@H]1c1nc2c(ccc3cc(-c4ccc5c(ccc6[nH]c([C@@H]7[C@@H]8CC[C@@H](C8)N7C(=O)[C@H](NC(=O)OC)c7ccccc7)nc65)c4)ccc32)[nH]1)C(C)C.[HH].[HH].[HH].[HH].[HH].[HH].[HH].[HH]. The molecule has 0 unspecified atom stereocenters. The predicted octanol–water partition coefficient (Wildman–Crippen LogP) is 18.9. The van der Waals surface area contributed by atoms with E-state index in [1.165, 1.54) is 28.4 Å². The van der Waals surface area contributed by atoms with Gasteiger partial charge in [0.2, 0.25) is 17.7 Å². The lowest BCUT2D eigenvalue weighted by Gasteiger charge is -2.36. The Kier molecular flexibility index (Phi) is 22.2. The number of piperidine rings is 1. The van der Waals surface area contributed by atoms with Gasteiger partial charge in [-0.1, -0.05) is 151 Å². The molecule has 124 heavy (non-hydrogen) atoms. The number of imidazole rings is 4. The highest BCUT2D eigenvalue weighted by Gasteiger charge is 2.53. The third-order valence-electron chi connectivity index (χ3n) is 26.8. The van der Waals surface area contributed by atoms with Crippen molar-refractivity contribution in [2.45, 2.75) is 173 Å². The molecule has 9 aromatic carbocycles. The third-order valence-corrected chi connectivity index (χ3v) is 26.8. The molecule has 8 heterocycles. The highest BCUT2D eigenvalue weighted by molar-refractivity contribution is 6.10. The van der Waals surface area contributed by atoms with Crippen LogP contribution in [0.1, 0.15) is 183 Å². The number of H-pyrrole nitrogens is 4. The quantitative estimate of drug-likeness (QED) is 0.0370. The lowest BCUT2D eigenvalue weighted by molar-refractivity contribution is -0.139. The average Bonchev–Trinajstić information content (AvgIpc) is 1.58. The maximum Gasteiger partial charge on any atom is 0.407 e. The zero-order chi connectivity index (χ0) is 86.2. The standard InChI is InChI=1S/C49H50N8O6.C47H54N8O6.8H2/c1-26(2)39(54-48(60)62-3)46(58)56-22-8-11-38(56)44-50-36-20-15-30-23-28(13-18-34(30)41(36)52-44)29-14-19-35-31(24-29)16-21-37-42(35)53-45(51-37)43-32-12-17-33(25-32)57(43)47(59)40(55-49(61)63-4)27-9-6-5-7-10-27;1-24(2)38(52-46(58)60-5)44(56)54-20-8-11-36(54)42-48-33-18-14-28-21-26(12-16-31(28)40(33)50-42)27-13-17-32-29(22-27)15-19-34-41(32)51-43(49-34)37-23-30-9-7-10-35(30)55(37)45(57)39(25(3)4)53-47(59)61-6;;;;;;;;/h5-7,9-10,13-16,18-21,23-24,26,32-33,38-40,43H,8,11-12,17,22,25H2,1-4H3,(H,50,52)(H,51,53)(H,54,60)(H,55,61);12-19,21-22,24-25,30,35-39H,7-11,20,23H2,1-6H3,(H,48,50)(H,49,51)(H,52,58)(H,53,59);8*1H/t32-,33+,38+,39+,40-,43+;30-,35-,36-,37-,38-,39-;;;;;;;;/m10......../s1. The number of carbonyl (C=O) groups is 8. The van der Waals surface area contributed by atoms with Crippen LogP contribution in [0.3, 0.4) is 0 Å². The van der Waals surface area contributed by atoms with Crippen molar-refractivity contribution in [1.82, 2.24) is 80.7 Å². The molecule has 4 aliphatic heterocycles. The minimum atomic E-state index is -0.885. The van der Waals surface area contributed by atoms with Crippen LogP contribution >= 0.6 is 0 Å². The first kappa shape index (κ1) is 81.8. The van der Waals surface area contributed by atoms with Crippen molar-refractivity contribution >= 4 is 135 Å². The maximum atomic E-state index is 14.5. The van der Waals surface area contributed by atoms with Gasteiger partial charge in [0.1, 0.15) is 47.5 Å². The Labute approximate surface area is 727 Å². The number of nitrogens with one attached hydrogen (secondary N) is 8. The van der Waals surface area contributed by atoms with Crippen molar-refractivity contribution in [3.05, 3.63) is 181 Å². The normalized spacial score (nSPS) is 20.8. The van der Waals surface area contributed by atoms with E-state index in [1.54, 1.807) is 0 Å². The number of methoxy groups -OCH3 is 4. The summed E-state index contributed by atoms with van der Waals surface area (Å²) >= 11 is 0. The molecule has 28 nitrogen and oxygen atoms in total. The largest absolute Gasteiger partial charge is 0.453 e. The van der Waals surface area contributed by atoms with Crippen molar-refractivity contribution in [2.75, 3.05) is 41.5 Å². The Morgan fingerprint density at radius 2 is 0.766 bits per heavy atom. The molecule has 8 amide bonds. The van der Waals surface area contributed by atoms with Gasteiger partial charge in [-0.15, -0.1) is 0 Å². The van der Waals surface area contributed by atoms with Crippen LogP contribution in [0, 0.1) is 29.6 Å². The molecule has 0 spiro atoms. The molecule has 4 aromatic heterocycles. The number of aromatic amines is 4. The van der Waals surface area contributed by atoms with Crippen molar-refractivity contribution in [2.24, 2.45) is 29.6 Å². The molecule has 656 valence electrons. The second-order valence-corrected chi connectivity index (χ2v) is 35.2. The van der Waals surface area contributed by atoms with Crippen LogP contribution < -0.4 is 21.3 Å². The lowest BCUT2D eigenvalue weighted by atomic mass is 9.96. The summed E-state index contributed by atoms with van der Waals surface area (Å²) in [5.74, 6) is 2.80. The van der Waals surface area contributed by atoms with Crippen LogP contribution in [0.2, 0.25) is 0 Å². The van der Waals surface area contributed by atoms with Crippen LogP contribution in [0.15, 0.2) is 152 Å². The third kappa shape index (κ3) is 15.1. The van der Waals surface area contributed by atoms with E-state index < -0.39 is 48.5 Å². The van der Waals surface area contributed by atoms with Gasteiger partial charge in [0.25, 0.3) is 5.91 Å². The number of benzene rings is 9. The summed E-state index contributed by atoms with van der Waals surface area (Å²) in [5, 5.41) is 19.3. The molecular formula is C96H120N16O12. The van der Waals surface area contributed by atoms with Gasteiger partial charge in [0, 0.05) is 58.1 Å². The van der Waals surface area contributed by atoms with Gasteiger partial charge < -0.3 is 79.8 Å². The number of amides is 8. The number of aromatic nitrogens is 8. The fourth-order valence-corrected chi connectivity index (χ4v) is 20.6. The van der Waals surface area contributed by atoms with E-state index in [0.717, 1.165) is 203 Å². The van der Waals surface area contributed by atoms with E-state index in [9.17, 15) is 38.4 Å². The van der Waals surface area contributed by atoms with Gasteiger partial charge in [-0.25, -0.2) is 39.1 Å². The molecule has 19 rings (SSSR count). The van der Waals surface area contributed by atoms with E-state index in [1.807, 2.05) is 104 Å². The molecule has 2 bridgehead atoms. The number of rotatable bonds is 18. The molecule has 13 aromatic rings. The Morgan fingerprint density at radius 1 is 0.379 bits per heavy atom. The molecule has 12 atom stereocenters. The first-order valence-electron chi connectivity index (χ1n) is 43.4. The summed E-state index contributed by atoms with van der Waals surface area (Å²) < 4.78 is 19.4. The van der Waals surface area contributed by atoms with Gasteiger partial charge in [0.05, 0.1) is 96.7 Å². The smallest absolute Gasteiger partial charge is 0.407 e. The number of nitrogens with zero attached hydrogens (tertiary/aromatic N) is 8. The second kappa shape index (κ2) is 33.6. The second-order valence-electron chi connectivity index (χ2n) is 35.2. The Hall–Kier alpha value is -13.1. The molecule has 6 fully saturated rings. The van der Waals surface area contributed by atoms with Gasteiger partial charge >= 0.3 is 24.4 Å². The van der Waals surface area contributed by atoms with Crippen molar-refractivity contribution in [3.8, 4) is 22.3 Å². The number of hydrogen-bond donors (Lipinski definition) is 8. The van der Waals surface area contributed by atoms with E-state index in [-0.39, 0.29) is 95.0 Å². The molecule has 8 N–H and O–H groups in total. The van der Waals surface area contributed by atoms with Crippen molar-refractivity contribution < 1.29 is 68.7 Å². The first-order chi connectivity index (χ1) is 60.0. The monoisotopic (exact) mass is 1690 g/mol. The number of likely N-dealkylation sites (tertiary alicyclic amines) is 4. The number of carbonyl (C=O) groups excluding carboxylic acids is 8. The summed E-state index contributed by atoms with van der Waals surface area (Å²) in [6, 6.07) is 48.0. The minimum Gasteiger partial charge on any atom is -0.453 e. The van der Waals surface area contributed by atoms with Crippen LogP contribution in [0.4, 0.5) is 19.2 Å². The Morgan fingerprint density at radius 3 is 1.18 bits per heavy atom. The average molecular weight is 1690 g/mol. The summed E-state index contributed by atoms with van der Waals surface area (Å²) in [6.45, 7) is 12.7. The fraction of sp³-hybridized carbons (Fsp3) is 0.396. The van der Waals surface area contributed by atoms with Crippen LogP contribution in [0.5, 0.6) is 0 Å². The summed E-state index contributed by atoms with van der Waals surface area (Å²) in [5.41, 5.74) is 12.0. The van der Waals surface area contributed by atoms with E-state index in [2.05, 4.69) is 150 Å². The van der Waals surface area contributed by atoms with Gasteiger partial charge in [0.15, 0.2) is 0 Å². The first-order valence-corrected chi connectivity index (χ1v) is 43.4. The molecule has 28 heteroatoms. The lowest BCUT2D eigenvalue weighted by Crippen LogP contribution is -2.53. The number of fused-ring (bicyclic) bond motifs is 15. The van der Waals surface area contributed by atoms with E-state index in [0.29, 0.717) is 24.6 Å². The van der Waals surface area contributed by atoms with Crippen LogP contribution in [-0.2, 0) is 38.1 Å². The highest BCUT2D eigenvalue weighted by Crippen LogP contribution is 2.52. The molecule has 2 aliphatic carbocycles. The Balaban J connectivity index is 0.000000258. The van der Waals surface area contributed by atoms with Crippen molar-refractivity contribution in [3.63, 3.8) is 0 Å². The van der Waals surface area contributed by atoms with Crippen LogP contribution in [0.25, 0.3) is 109 Å². The highest BCUT2D eigenvalue weighted by atomic mass is 16.5.